The maximum atomic E-state index is 12.6. The first-order valence-corrected chi connectivity index (χ1v) is 7.07. The van der Waals surface area contributed by atoms with Crippen molar-refractivity contribution in [3.05, 3.63) is 34.3 Å². The lowest BCUT2D eigenvalue weighted by molar-refractivity contribution is 0.0602. The van der Waals surface area contributed by atoms with Crippen LogP contribution in [-0.2, 0) is 0 Å². The van der Waals surface area contributed by atoms with Crippen molar-refractivity contribution in [2.45, 2.75) is 19.4 Å². The predicted molar refractivity (Wildman–Crippen MR) is 77.0 cm³/mol. The van der Waals surface area contributed by atoms with E-state index in [1.54, 1.807) is 0 Å². The highest BCUT2D eigenvalue weighted by Gasteiger charge is 2.35. The molecule has 0 aliphatic carbocycles. The molecule has 0 spiro atoms. The number of hydrogen-bond donors (Lipinski definition) is 1. The quantitative estimate of drug-likeness (QED) is 0.870. The average molecular weight is 311 g/mol. The number of nitrogens with zero attached hydrogens (tertiary/aromatic N) is 1. The van der Waals surface area contributed by atoms with Gasteiger partial charge in [-0.3, -0.25) is 9.69 Å². The highest BCUT2D eigenvalue weighted by Crippen LogP contribution is 2.22. The van der Waals surface area contributed by atoms with E-state index in [9.17, 15) is 4.79 Å². The first-order chi connectivity index (χ1) is 8.51. The van der Waals surface area contributed by atoms with Crippen LogP contribution in [-0.4, -0.2) is 42.4 Å². The first kappa shape index (κ1) is 13.7. The smallest absolute Gasteiger partial charge is 0.182 e. The van der Waals surface area contributed by atoms with Crippen LogP contribution in [0.4, 0.5) is 0 Å². The zero-order valence-electron chi connectivity index (χ0n) is 10.9. The van der Waals surface area contributed by atoms with E-state index in [0.29, 0.717) is 0 Å². The van der Waals surface area contributed by atoms with Crippen LogP contribution in [0.1, 0.15) is 24.2 Å². The molecule has 3 nitrogen and oxygen atoms in total. The van der Waals surface area contributed by atoms with Gasteiger partial charge in [0.2, 0.25) is 0 Å². The Hall–Kier alpha value is -0.710. The number of piperazine rings is 1. The molecule has 1 fully saturated rings. The summed E-state index contributed by atoms with van der Waals surface area (Å²) in [6, 6.07) is 7.63. The van der Waals surface area contributed by atoms with Crippen molar-refractivity contribution < 1.29 is 4.79 Å². The third-order valence-electron chi connectivity index (χ3n) is 3.55. The summed E-state index contributed by atoms with van der Waals surface area (Å²) in [5, 5.41) is 3.31. The molecule has 1 N–H and O–H groups in total. The van der Waals surface area contributed by atoms with Crippen LogP contribution in [0.3, 0.4) is 0 Å². The number of carbonyl (C=O) groups excluding carboxylic acids is 1. The van der Waals surface area contributed by atoms with Crippen LogP contribution in [0.2, 0.25) is 0 Å². The first-order valence-electron chi connectivity index (χ1n) is 6.28. The summed E-state index contributed by atoms with van der Waals surface area (Å²) in [6.07, 6.45) is 0. The second kappa shape index (κ2) is 5.51. The highest BCUT2D eigenvalue weighted by molar-refractivity contribution is 9.10. The molecular weight excluding hydrogens is 292 g/mol. The summed E-state index contributed by atoms with van der Waals surface area (Å²) < 4.78 is 0.949. The Kier molecular flexibility index (Phi) is 4.20. The molecule has 0 radical (unpaired) electrons. The molecule has 0 aromatic heterocycles. The van der Waals surface area contributed by atoms with Gasteiger partial charge in [-0.2, -0.15) is 0 Å². The lowest BCUT2D eigenvalue weighted by Crippen LogP contribution is -2.57. The van der Waals surface area contributed by atoms with Gasteiger partial charge in [0, 0.05) is 36.2 Å². The van der Waals surface area contributed by atoms with Crippen molar-refractivity contribution >= 4 is 21.7 Å². The van der Waals surface area contributed by atoms with Crippen LogP contribution in [0.15, 0.2) is 28.7 Å². The Morgan fingerprint density at radius 3 is 2.61 bits per heavy atom. The number of benzene rings is 1. The molecule has 18 heavy (non-hydrogen) atoms. The predicted octanol–water partition coefficient (Wildman–Crippen LogP) is 2.32. The van der Waals surface area contributed by atoms with E-state index in [1.165, 1.54) is 0 Å². The molecule has 2 rings (SSSR count). The summed E-state index contributed by atoms with van der Waals surface area (Å²) in [6.45, 7) is 7.78. The summed E-state index contributed by atoms with van der Waals surface area (Å²) in [5.74, 6) is 0.186. The SMILES string of the molecule is CC(C)(C(=O)c1cccc(Br)c1)N1CCNCC1. The molecule has 0 amide bonds. The molecule has 1 aliphatic rings. The zero-order chi connectivity index (χ0) is 13.2. The summed E-state index contributed by atoms with van der Waals surface area (Å²) in [4.78, 5) is 14.9. The maximum Gasteiger partial charge on any atom is 0.182 e. The van der Waals surface area contributed by atoms with E-state index in [4.69, 9.17) is 0 Å². The molecular formula is C14H19BrN2O. The van der Waals surface area contributed by atoms with E-state index in [0.717, 1.165) is 36.2 Å². The van der Waals surface area contributed by atoms with Gasteiger partial charge in [0.15, 0.2) is 5.78 Å². The normalized spacial score (nSPS) is 17.7. The van der Waals surface area contributed by atoms with Crippen molar-refractivity contribution in [1.29, 1.82) is 0 Å². The number of hydrogen-bond acceptors (Lipinski definition) is 3. The maximum absolute atomic E-state index is 12.6. The van der Waals surface area contributed by atoms with Gasteiger partial charge >= 0.3 is 0 Å². The van der Waals surface area contributed by atoms with Crippen molar-refractivity contribution in [1.82, 2.24) is 10.2 Å². The van der Waals surface area contributed by atoms with Crippen LogP contribution in [0.25, 0.3) is 0 Å². The van der Waals surface area contributed by atoms with Gasteiger partial charge in [-0.25, -0.2) is 0 Å². The summed E-state index contributed by atoms with van der Waals surface area (Å²) in [5.41, 5.74) is 0.330. The van der Waals surface area contributed by atoms with Crippen molar-refractivity contribution in [2.24, 2.45) is 0 Å². The number of halogens is 1. The fourth-order valence-electron chi connectivity index (χ4n) is 2.35. The van der Waals surface area contributed by atoms with Crippen LogP contribution >= 0.6 is 15.9 Å². The van der Waals surface area contributed by atoms with E-state index < -0.39 is 5.54 Å². The van der Waals surface area contributed by atoms with Crippen molar-refractivity contribution in [2.75, 3.05) is 26.2 Å². The third kappa shape index (κ3) is 2.82. The number of Topliss-reactive ketones (excluding diaryl/α,β-unsaturated/α-hetero) is 1. The Labute approximate surface area is 117 Å². The lowest BCUT2D eigenvalue weighted by atomic mass is 9.91. The molecule has 0 unspecified atom stereocenters. The van der Waals surface area contributed by atoms with Gasteiger partial charge in [0.1, 0.15) is 0 Å². The van der Waals surface area contributed by atoms with Crippen LogP contribution in [0.5, 0.6) is 0 Å². The monoisotopic (exact) mass is 310 g/mol. The molecule has 1 saturated heterocycles. The van der Waals surface area contributed by atoms with E-state index in [1.807, 2.05) is 38.1 Å². The van der Waals surface area contributed by atoms with Gasteiger partial charge < -0.3 is 5.32 Å². The largest absolute Gasteiger partial charge is 0.314 e. The van der Waals surface area contributed by atoms with Gasteiger partial charge in [-0.15, -0.1) is 0 Å². The molecule has 98 valence electrons. The molecule has 0 atom stereocenters. The Balaban J connectivity index is 2.20. The lowest BCUT2D eigenvalue weighted by Gasteiger charge is -2.40. The minimum Gasteiger partial charge on any atom is -0.314 e. The number of carbonyl (C=O) groups is 1. The van der Waals surface area contributed by atoms with E-state index in [-0.39, 0.29) is 5.78 Å². The molecule has 1 heterocycles. The fraction of sp³-hybridized carbons (Fsp3) is 0.500. The Morgan fingerprint density at radius 2 is 2.00 bits per heavy atom. The minimum absolute atomic E-state index is 0.186. The van der Waals surface area contributed by atoms with Gasteiger partial charge in [0.25, 0.3) is 0 Å². The number of nitrogens with one attached hydrogen (secondary N) is 1. The topological polar surface area (TPSA) is 32.3 Å². The Bertz CT molecular complexity index is 439. The average Bonchev–Trinajstić information content (AvgIpc) is 2.39. The zero-order valence-corrected chi connectivity index (χ0v) is 12.5. The third-order valence-corrected chi connectivity index (χ3v) is 4.04. The molecule has 4 heteroatoms. The van der Waals surface area contributed by atoms with E-state index in [2.05, 4.69) is 26.1 Å². The highest BCUT2D eigenvalue weighted by atomic mass is 79.9. The van der Waals surface area contributed by atoms with Crippen molar-refractivity contribution in [3.63, 3.8) is 0 Å². The summed E-state index contributed by atoms with van der Waals surface area (Å²) >= 11 is 3.42. The molecule has 0 bridgehead atoms. The Morgan fingerprint density at radius 1 is 1.33 bits per heavy atom. The minimum atomic E-state index is -0.442. The molecule has 0 saturated carbocycles. The molecule has 1 aliphatic heterocycles. The van der Waals surface area contributed by atoms with Crippen LogP contribution in [0, 0.1) is 0 Å². The number of rotatable bonds is 3. The second-order valence-corrected chi connectivity index (χ2v) is 6.05. The fourth-order valence-corrected chi connectivity index (χ4v) is 2.75. The molecule has 1 aromatic carbocycles. The standard InChI is InChI=1S/C14H19BrN2O/c1-14(2,17-8-6-16-7-9-17)13(18)11-4-3-5-12(15)10-11/h3-5,10,16H,6-9H2,1-2H3. The number of ketones is 1. The summed E-state index contributed by atoms with van der Waals surface area (Å²) in [7, 11) is 0. The van der Waals surface area contributed by atoms with Crippen LogP contribution < -0.4 is 5.32 Å². The van der Waals surface area contributed by atoms with Gasteiger partial charge in [-0.1, -0.05) is 28.1 Å². The van der Waals surface area contributed by atoms with Gasteiger partial charge in [0.05, 0.1) is 5.54 Å². The van der Waals surface area contributed by atoms with Crippen molar-refractivity contribution in [3.8, 4) is 0 Å². The second-order valence-electron chi connectivity index (χ2n) is 5.14. The van der Waals surface area contributed by atoms with Gasteiger partial charge in [-0.05, 0) is 26.0 Å². The molecule has 1 aromatic rings. The van der Waals surface area contributed by atoms with E-state index >= 15 is 0 Å².